The molecule has 132 valence electrons. The largest absolute Gasteiger partial charge is 0.439 e. The van der Waals surface area contributed by atoms with Crippen molar-refractivity contribution in [3.8, 4) is 11.6 Å². The molecule has 1 heterocycles. The minimum atomic E-state index is -0.362. The van der Waals surface area contributed by atoms with Crippen molar-refractivity contribution >= 4 is 5.91 Å². The molecule has 2 aromatic rings. The van der Waals surface area contributed by atoms with E-state index in [-0.39, 0.29) is 17.8 Å². The van der Waals surface area contributed by atoms with E-state index in [1.165, 1.54) is 12.1 Å². The van der Waals surface area contributed by atoms with Gasteiger partial charge in [0.25, 0.3) is 0 Å². The molecule has 6 heteroatoms. The van der Waals surface area contributed by atoms with Crippen LogP contribution in [-0.4, -0.2) is 16.9 Å². The number of nitrogens with one attached hydrogen (secondary N) is 1. The van der Waals surface area contributed by atoms with Crippen molar-refractivity contribution in [1.82, 2.24) is 10.3 Å². The maximum Gasteiger partial charge on any atom is 0.220 e. The summed E-state index contributed by atoms with van der Waals surface area (Å²) in [5.74, 6) is 0.709. The van der Waals surface area contributed by atoms with Crippen molar-refractivity contribution in [2.45, 2.75) is 38.3 Å². The van der Waals surface area contributed by atoms with Gasteiger partial charge in [-0.1, -0.05) is 18.6 Å². The molecule has 1 aromatic carbocycles. The minimum absolute atomic E-state index is 0.0161. The Morgan fingerprint density at radius 1 is 1.32 bits per heavy atom. The summed E-state index contributed by atoms with van der Waals surface area (Å²) in [6.45, 7) is 0.411. The zero-order chi connectivity index (χ0) is 17.6. The highest BCUT2D eigenvalue weighted by Crippen LogP contribution is 2.26. The molecule has 0 bridgehead atoms. The number of amides is 1. The SMILES string of the molecule is N[C@@H]1CCC[C@H]1CC(=O)NCc1ccc(Oc2cccc(F)c2)nc1. The van der Waals surface area contributed by atoms with E-state index in [0.717, 1.165) is 24.8 Å². The fourth-order valence-electron chi connectivity index (χ4n) is 3.06. The number of carbonyl (C=O) groups excluding carboxylic acids is 1. The molecule has 25 heavy (non-hydrogen) atoms. The van der Waals surface area contributed by atoms with E-state index in [1.807, 2.05) is 6.07 Å². The van der Waals surface area contributed by atoms with Crippen molar-refractivity contribution < 1.29 is 13.9 Å². The Hall–Kier alpha value is -2.47. The number of hydrogen-bond acceptors (Lipinski definition) is 4. The Labute approximate surface area is 146 Å². The smallest absolute Gasteiger partial charge is 0.220 e. The Morgan fingerprint density at radius 3 is 2.88 bits per heavy atom. The topological polar surface area (TPSA) is 77.2 Å². The van der Waals surface area contributed by atoms with E-state index < -0.39 is 0 Å². The molecule has 5 nitrogen and oxygen atoms in total. The molecule has 3 N–H and O–H groups in total. The second-order valence-electron chi connectivity index (χ2n) is 6.40. The van der Waals surface area contributed by atoms with Gasteiger partial charge in [-0.25, -0.2) is 9.37 Å². The molecule has 0 spiro atoms. The molecule has 1 aliphatic rings. The van der Waals surface area contributed by atoms with Crippen LogP contribution >= 0.6 is 0 Å². The lowest BCUT2D eigenvalue weighted by Gasteiger charge is -2.14. The van der Waals surface area contributed by atoms with Crippen LogP contribution in [0.25, 0.3) is 0 Å². The first-order valence-corrected chi connectivity index (χ1v) is 8.51. The highest BCUT2D eigenvalue weighted by molar-refractivity contribution is 5.76. The second kappa shape index (κ2) is 8.07. The monoisotopic (exact) mass is 343 g/mol. The Morgan fingerprint density at radius 2 is 2.20 bits per heavy atom. The lowest BCUT2D eigenvalue weighted by atomic mass is 10.00. The third-order valence-corrected chi connectivity index (χ3v) is 4.47. The Balaban J connectivity index is 1.48. The van der Waals surface area contributed by atoms with Crippen LogP contribution in [0.2, 0.25) is 0 Å². The van der Waals surface area contributed by atoms with E-state index in [1.54, 1.807) is 24.4 Å². The summed E-state index contributed by atoms with van der Waals surface area (Å²) in [6, 6.07) is 9.54. The first-order chi connectivity index (χ1) is 12.1. The number of halogens is 1. The quantitative estimate of drug-likeness (QED) is 0.845. The minimum Gasteiger partial charge on any atom is -0.439 e. The van der Waals surface area contributed by atoms with E-state index in [2.05, 4.69) is 10.3 Å². The number of aromatic nitrogens is 1. The van der Waals surface area contributed by atoms with Crippen molar-refractivity contribution in [2.75, 3.05) is 0 Å². The van der Waals surface area contributed by atoms with Crippen LogP contribution in [-0.2, 0) is 11.3 Å². The average molecular weight is 343 g/mol. The van der Waals surface area contributed by atoms with Gasteiger partial charge >= 0.3 is 0 Å². The van der Waals surface area contributed by atoms with Crippen LogP contribution in [0, 0.1) is 11.7 Å². The van der Waals surface area contributed by atoms with Crippen molar-refractivity contribution in [3.63, 3.8) is 0 Å². The molecule has 0 aliphatic heterocycles. The molecule has 1 saturated carbocycles. The van der Waals surface area contributed by atoms with Gasteiger partial charge in [-0.2, -0.15) is 0 Å². The molecular formula is C19H22FN3O2. The van der Waals surface area contributed by atoms with Crippen LogP contribution < -0.4 is 15.8 Å². The molecule has 3 rings (SSSR count). The standard InChI is InChI=1S/C19H22FN3O2/c20-15-4-2-5-16(10-15)25-19-8-7-13(12-23-19)11-22-18(24)9-14-3-1-6-17(14)21/h2,4-5,7-8,10,12,14,17H,1,3,6,9,11,21H2,(H,22,24)/t14-,17+/m0/s1. The zero-order valence-electron chi connectivity index (χ0n) is 14.0. The normalized spacial score (nSPS) is 19.6. The number of rotatable bonds is 6. The third kappa shape index (κ3) is 5.00. The van der Waals surface area contributed by atoms with Gasteiger partial charge < -0.3 is 15.8 Å². The highest BCUT2D eigenvalue weighted by atomic mass is 19.1. The van der Waals surface area contributed by atoms with Crippen LogP contribution in [0.3, 0.4) is 0 Å². The van der Waals surface area contributed by atoms with Gasteiger partial charge in [0.1, 0.15) is 11.6 Å². The molecule has 1 aromatic heterocycles. The van der Waals surface area contributed by atoms with E-state index in [4.69, 9.17) is 10.5 Å². The molecule has 0 radical (unpaired) electrons. The lowest BCUT2D eigenvalue weighted by molar-refractivity contribution is -0.122. The zero-order valence-corrected chi connectivity index (χ0v) is 14.0. The number of benzene rings is 1. The molecule has 0 unspecified atom stereocenters. The van der Waals surface area contributed by atoms with Gasteiger partial charge in [0.05, 0.1) is 0 Å². The maximum atomic E-state index is 13.1. The summed E-state index contributed by atoms with van der Waals surface area (Å²) in [5, 5.41) is 2.90. The number of hydrogen-bond donors (Lipinski definition) is 2. The number of ether oxygens (including phenoxy) is 1. The highest BCUT2D eigenvalue weighted by Gasteiger charge is 2.25. The molecule has 0 saturated heterocycles. The van der Waals surface area contributed by atoms with Gasteiger partial charge in [-0.3, -0.25) is 4.79 Å². The van der Waals surface area contributed by atoms with Gasteiger partial charge in [0, 0.05) is 37.3 Å². The summed E-state index contributed by atoms with van der Waals surface area (Å²) in [4.78, 5) is 16.2. The van der Waals surface area contributed by atoms with Gasteiger partial charge in [-0.05, 0) is 36.5 Å². The fraction of sp³-hybridized carbons (Fsp3) is 0.368. The van der Waals surface area contributed by atoms with Crippen LogP contribution in [0.15, 0.2) is 42.6 Å². The number of nitrogens with zero attached hydrogens (tertiary/aromatic N) is 1. The average Bonchev–Trinajstić information content (AvgIpc) is 2.99. The first kappa shape index (κ1) is 17.4. The lowest BCUT2D eigenvalue weighted by Crippen LogP contribution is -2.31. The summed E-state index contributed by atoms with van der Waals surface area (Å²) in [6.07, 6.45) is 5.26. The van der Waals surface area contributed by atoms with E-state index >= 15 is 0 Å². The fourth-order valence-corrected chi connectivity index (χ4v) is 3.06. The molecule has 1 amide bonds. The van der Waals surface area contributed by atoms with Crippen LogP contribution in [0.1, 0.15) is 31.2 Å². The van der Waals surface area contributed by atoms with Crippen molar-refractivity contribution in [1.29, 1.82) is 0 Å². The van der Waals surface area contributed by atoms with Gasteiger partial charge in [0.15, 0.2) is 0 Å². The van der Waals surface area contributed by atoms with E-state index in [0.29, 0.717) is 30.5 Å². The summed E-state index contributed by atoms with van der Waals surface area (Å²) in [5.41, 5.74) is 6.87. The van der Waals surface area contributed by atoms with Crippen molar-refractivity contribution in [2.24, 2.45) is 11.7 Å². The van der Waals surface area contributed by atoms with Gasteiger partial charge in [-0.15, -0.1) is 0 Å². The van der Waals surface area contributed by atoms with Gasteiger partial charge in [0.2, 0.25) is 11.8 Å². The maximum absolute atomic E-state index is 13.1. The second-order valence-corrected chi connectivity index (χ2v) is 6.40. The summed E-state index contributed by atoms with van der Waals surface area (Å²) in [7, 11) is 0. The molecular weight excluding hydrogens is 321 g/mol. The summed E-state index contributed by atoms with van der Waals surface area (Å²) >= 11 is 0. The predicted molar refractivity (Wildman–Crippen MR) is 92.5 cm³/mol. The molecule has 2 atom stereocenters. The molecule has 1 aliphatic carbocycles. The predicted octanol–water partition coefficient (Wildman–Crippen LogP) is 3.15. The van der Waals surface area contributed by atoms with Crippen LogP contribution in [0.4, 0.5) is 4.39 Å². The third-order valence-electron chi connectivity index (χ3n) is 4.47. The number of carbonyl (C=O) groups is 1. The molecule has 1 fully saturated rings. The summed E-state index contributed by atoms with van der Waals surface area (Å²) < 4.78 is 18.6. The first-order valence-electron chi connectivity index (χ1n) is 8.51. The van der Waals surface area contributed by atoms with Crippen molar-refractivity contribution in [3.05, 3.63) is 54.0 Å². The Kier molecular flexibility index (Phi) is 5.60. The van der Waals surface area contributed by atoms with E-state index in [9.17, 15) is 9.18 Å². The van der Waals surface area contributed by atoms with Crippen LogP contribution in [0.5, 0.6) is 11.6 Å². The Bertz CT molecular complexity index is 721. The number of nitrogens with two attached hydrogens (primary N) is 1. The number of pyridine rings is 1.